The van der Waals surface area contributed by atoms with Gasteiger partial charge in [0.15, 0.2) is 0 Å². The number of benzene rings is 2. The molecule has 0 N–H and O–H groups in total. The monoisotopic (exact) mass is 475 g/mol. The molecule has 1 saturated heterocycles. The van der Waals surface area contributed by atoms with Crippen LogP contribution in [0.15, 0.2) is 72.3 Å². The van der Waals surface area contributed by atoms with Gasteiger partial charge in [0.1, 0.15) is 5.60 Å². The summed E-state index contributed by atoms with van der Waals surface area (Å²) in [5.74, 6) is 0.0493. The molecule has 2 amide bonds. The van der Waals surface area contributed by atoms with Crippen LogP contribution in [0, 0.1) is 11.8 Å². The lowest BCUT2D eigenvalue weighted by atomic mass is 9.83. The Labute approximate surface area is 201 Å². The van der Waals surface area contributed by atoms with Crippen molar-refractivity contribution < 1.29 is 14.3 Å². The van der Waals surface area contributed by atoms with E-state index in [1.807, 2.05) is 94.4 Å². The zero-order valence-electron chi connectivity index (χ0n) is 19.1. The molecule has 2 unspecified atom stereocenters. The smallest absolute Gasteiger partial charge is 0.417 e. The van der Waals surface area contributed by atoms with Gasteiger partial charge < -0.3 is 4.74 Å². The SMILES string of the molecule is CC1=CC2C(=O)N(C(=O)OC(C)(C)C)CC2CC1.Clc1ccccc1.Clc1ccccc1. The molecule has 1 aliphatic carbocycles. The first-order valence-corrected chi connectivity index (χ1v) is 11.4. The molecule has 1 aliphatic heterocycles. The van der Waals surface area contributed by atoms with Crippen LogP contribution in [0.25, 0.3) is 0 Å². The van der Waals surface area contributed by atoms with Crippen LogP contribution in [0.1, 0.15) is 40.5 Å². The summed E-state index contributed by atoms with van der Waals surface area (Å²) in [5, 5.41) is 1.59. The van der Waals surface area contributed by atoms with E-state index in [0.717, 1.165) is 22.9 Å². The molecule has 1 heterocycles. The molecule has 0 bridgehead atoms. The van der Waals surface area contributed by atoms with Gasteiger partial charge in [-0.2, -0.15) is 0 Å². The number of imide groups is 1. The Hall–Kier alpha value is -2.30. The Morgan fingerprint density at radius 3 is 1.88 bits per heavy atom. The van der Waals surface area contributed by atoms with Gasteiger partial charge in [-0.1, -0.05) is 71.2 Å². The summed E-state index contributed by atoms with van der Waals surface area (Å²) in [6, 6.07) is 18.9. The first-order valence-electron chi connectivity index (χ1n) is 10.7. The summed E-state index contributed by atoms with van der Waals surface area (Å²) < 4.78 is 5.27. The van der Waals surface area contributed by atoms with Gasteiger partial charge in [-0.15, -0.1) is 0 Å². The van der Waals surface area contributed by atoms with Crippen LogP contribution in [0.5, 0.6) is 0 Å². The van der Waals surface area contributed by atoms with Crippen molar-refractivity contribution in [3.63, 3.8) is 0 Å². The van der Waals surface area contributed by atoms with Crippen molar-refractivity contribution in [3.8, 4) is 0 Å². The van der Waals surface area contributed by atoms with Crippen molar-refractivity contribution in [1.29, 1.82) is 0 Å². The van der Waals surface area contributed by atoms with Crippen molar-refractivity contribution >= 4 is 35.2 Å². The minimum atomic E-state index is -0.559. The normalized spacial score (nSPS) is 19.5. The summed E-state index contributed by atoms with van der Waals surface area (Å²) >= 11 is 11.1. The molecular weight excluding hydrogens is 445 g/mol. The van der Waals surface area contributed by atoms with Crippen molar-refractivity contribution in [2.24, 2.45) is 11.8 Å². The van der Waals surface area contributed by atoms with Crippen molar-refractivity contribution in [2.75, 3.05) is 6.54 Å². The van der Waals surface area contributed by atoms with Gasteiger partial charge in [-0.05, 0) is 70.7 Å². The summed E-state index contributed by atoms with van der Waals surface area (Å²) in [4.78, 5) is 25.4. The van der Waals surface area contributed by atoms with E-state index >= 15 is 0 Å². The Morgan fingerprint density at radius 2 is 1.47 bits per heavy atom. The lowest BCUT2D eigenvalue weighted by molar-refractivity contribution is -0.129. The van der Waals surface area contributed by atoms with Crippen molar-refractivity contribution in [3.05, 3.63) is 82.4 Å². The predicted molar refractivity (Wildman–Crippen MR) is 131 cm³/mol. The Bertz CT molecular complexity index is 870. The number of likely N-dealkylation sites (tertiary alicyclic amines) is 1. The van der Waals surface area contributed by atoms with E-state index in [1.54, 1.807) is 0 Å². The third kappa shape index (κ3) is 8.68. The summed E-state index contributed by atoms with van der Waals surface area (Å²) in [6.45, 7) is 7.97. The van der Waals surface area contributed by atoms with Crippen LogP contribution in [-0.2, 0) is 9.53 Å². The predicted octanol–water partition coefficient (Wildman–Crippen LogP) is 7.42. The first-order chi connectivity index (χ1) is 15.1. The number of hydrogen-bond acceptors (Lipinski definition) is 3. The molecule has 0 aromatic heterocycles. The molecular formula is C26H31Cl2NO3. The highest BCUT2D eigenvalue weighted by atomic mass is 35.5. The highest BCUT2D eigenvalue weighted by Crippen LogP contribution is 2.36. The minimum absolute atomic E-state index is 0.103. The average molecular weight is 476 g/mol. The quantitative estimate of drug-likeness (QED) is 0.372. The summed E-state index contributed by atoms with van der Waals surface area (Å²) in [5.41, 5.74) is 0.687. The molecule has 4 rings (SSSR count). The number of carbonyl (C=O) groups excluding carboxylic acids is 2. The van der Waals surface area contributed by atoms with Crippen LogP contribution >= 0.6 is 23.2 Å². The van der Waals surface area contributed by atoms with Gasteiger partial charge in [-0.3, -0.25) is 4.79 Å². The van der Waals surface area contributed by atoms with E-state index in [4.69, 9.17) is 27.9 Å². The fourth-order valence-corrected chi connectivity index (χ4v) is 3.70. The lowest BCUT2D eigenvalue weighted by Gasteiger charge is -2.23. The number of ether oxygens (including phenoxy) is 1. The number of fused-ring (bicyclic) bond motifs is 1. The second-order valence-electron chi connectivity index (χ2n) is 8.86. The molecule has 2 aliphatic rings. The fourth-order valence-electron chi connectivity index (χ4n) is 3.41. The van der Waals surface area contributed by atoms with E-state index in [2.05, 4.69) is 0 Å². The van der Waals surface area contributed by atoms with E-state index < -0.39 is 11.7 Å². The number of rotatable bonds is 0. The molecule has 0 radical (unpaired) electrons. The van der Waals surface area contributed by atoms with Crippen LogP contribution in [-0.4, -0.2) is 29.0 Å². The fraction of sp³-hybridized carbons (Fsp3) is 0.385. The van der Waals surface area contributed by atoms with Crippen molar-refractivity contribution in [1.82, 2.24) is 4.90 Å². The topological polar surface area (TPSA) is 46.6 Å². The number of halogens is 2. The largest absolute Gasteiger partial charge is 0.443 e. The molecule has 172 valence electrons. The molecule has 2 aromatic carbocycles. The number of carbonyl (C=O) groups is 2. The van der Waals surface area contributed by atoms with E-state index in [9.17, 15) is 9.59 Å². The van der Waals surface area contributed by atoms with Crippen LogP contribution < -0.4 is 0 Å². The Morgan fingerprint density at radius 1 is 0.969 bits per heavy atom. The number of hydrogen-bond donors (Lipinski definition) is 0. The molecule has 32 heavy (non-hydrogen) atoms. The average Bonchev–Trinajstić information content (AvgIpc) is 3.05. The maximum Gasteiger partial charge on any atom is 0.417 e. The number of nitrogens with zero attached hydrogens (tertiary/aromatic N) is 1. The minimum Gasteiger partial charge on any atom is -0.443 e. The molecule has 4 nitrogen and oxygen atoms in total. The zero-order valence-corrected chi connectivity index (χ0v) is 20.6. The standard InChI is InChI=1S/C14H21NO3.2C6H5Cl/c1-9-5-6-10-8-15(12(16)11(10)7-9)13(17)18-14(2,3)4;2*7-6-4-2-1-3-5-6/h7,10-11H,5-6,8H2,1-4H3;2*1-5H. The van der Waals surface area contributed by atoms with E-state index in [0.29, 0.717) is 6.54 Å². The second-order valence-corrected chi connectivity index (χ2v) is 9.73. The zero-order chi connectivity index (χ0) is 23.7. The maximum atomic E-state index is 12.2. The second kappa shape index (κ2) is 12.1. The van der Waals surface area contributed by atoms with Crippen molar-refractivity contribution in [2.45, 2.75) is 46.1 Å². The number of allylic oxidation sites excluding steroid dienone is 1. The number of amides is 2. The van der Waals surface area contributed by atoms with Crippen LogP contribution in [0.2, 0.25) is 10.0 Å². The third-order valence-electron chi connectivity index (χ3n) is 4.93. The van der Waals surface area contributed by atoms with Gasteiger partial charge >= 0.3 is 6.09 Å². The first kappa shape index (κ1) is 26.0. The van der Waals surface area contributed by atoms with Gasteiger partial charge in [0.2, 0.25) is 5.91 Å². The molecule has 1 fully saturated rings. The maximum absolute atomic E-state index is 12.2. The molecule has 0 spiro atoms. The Balaban J connectivity index is 0.000000211. The lowest BCUT2D eigenvalue weighted by Crippen LogP contribution is -2.38. The summed E-state index contributed by atoms with van der Waals surface area (Å²) in [7, 11) is 0. The Kier molecular flexibility index (Phi) is 9.80. The van der Waals surface area contributed by atoms with E-state index in [1.165, 1.54) is 10.5 Å². The molecule has 2 aromatic rings. The van der Waals surface area contributed by atoms with Gasteiger partial charge in [-0.25, -0.2) is 9.69 Å². The van der Waals surface area contributed by atoms with Crippen LogP contribution in [0.3, 0.4) is 0 Å². The third-order valence-corrected chi connectivity index (χ3v) is 5.43. The molecule has 0 saturated carbocycles. The molecule has 6 heteroatoms. The summed E-state index contributed by atoms with van der Waals surface area (Å²) in [6.07, 6.45) is 3.52. The van der Waals surface area contributed by atoms with Gasteiger partial charge in [0, 0.05) is 16.6 Å². The highest BCUT2D eigenvalue weighted by Gasteiger charge is 2.44. The van der Waals surface area contributed by atoms with Crippen LogP contribution in [0.4, 0.5) is 4.79 Å². The van der Waals surface area contributed by atoms with E-state index in [-0.39, 0.29) is 17.7 Å². The molecule has 2 atom stereocenters. The highest BCUT2D eigenvalue weighted by molar-refractivity contribution is 6.30. The van der Waals surface area contributed by atoms with Gasteiger partial charge in [0.25, 0.3) is 0 Å². The van der Waals surface area contributed by atoms with Gasteiger partial charge in [0.05, 0.1) is 5.92 Å².